The molecule has 0 spiro atoms. The minimum atomic E-state index is -1.29. The summed E-state index contributed by atoms with van der Waals surface area (Å²) in [6.45, 7) is 6.43. The molecule has 0 aliphatic rings. The Labute approximate surface area is 106 Å². The maximum Gasteiger partial charge on any atom is 0.316 e. The highest BCUT2D eigenvalue weighted by atomic mass is 16.5. The van der Waals surface area contributed by atoms with Gasteiger partial charge in [-0.15, -0.1) is 0 Å². The molecular weight excluding hydrogens is 240 g/mol. The average Bonchev–Trinajstić information content (AvgIpc) is 2.31. The molecule has 0 amide bonds. The molecule has 0 aromatic heterocycles. The van der Waals surface area contributed by atoms with Gasteiger partial charge in [0.15, 0.2) is 0 Å². The number of carboxylic acid groups (broad SMARTS) is 2. The Kier molecular flexibility index (Phi) is 7.26. The van der Waals surface area contributed by atoms with Gasteiger partial charge in [0.2, 0.25) is 0 Å². The number of carbonyl (C=O) groups is 2. The van der Waals surface area contributed by atoms with Crippen molar-refractivity contribution in [3.63, 3.8) is 0 Å². The fourth-order valence-electron chi connectivity index (χ4n) is 1.43. The van der Waals surface area contributed by atoms with E-state index in [1.807, 2.05) is 0 Å². The zero-order valence-corrected chi connectivity index (χ0v) is 10.1. The second-order valence-electron chi connectivity index (χ2n) is 3.79. The second-order valence-corrected chi connectivity index (χ2v) is 3.79. The van der Waals surface area contributed by atoms with E-state index in [9.17, 15) is 14.7 Å². The van der Waals surface area contributed by atoms with Crippen molar-refractivity contribution in [2.24, 2.45) is 5.41 Å². The number of carboxylic acids is 2. The lowest BCUT2D eigenvalue weighted by molar-refractivity contribution is -0.156. The molecule has 0 fully saturated rings. The highest BCUT2D eigenvalue weighted by molar-refractivity contribution is 5.75. The molecule has 2 N–H and O–H groups in total. The Bertz CT molecular complexity index is 298. The van der Waals surface area contributed by atoms with Crippen LogP contribution in [-0.4, -0.2) is 35.4 Å². The third-order valence-corrected chi connectivity index (χ3v) is 2.45. The van der Waals surface area contributed by atoms with Crippen molar-refractivity contribution in [3.8, 4) is 0 Å². The lowest BCUT2D eigenvalue weighted by atomic mass is 9.84. The SMILES string of the molecule is C=COCC(CCCC(=O)O)(COC=C)C(=O)O. The van der Waals surface area contributed by atoms with E-state index in [-0.39, 0.29) is 32.5 Å². The fourth-order valence-corrected chi connectivity index (χ4v) is 1.43. The summed E-state index contributed by atoms with van der Waals surface area (Å²) >= 11 is 0. The quantitative estimate of drug-likeness (QED) is 0.547. The molecule has 0 aromatic carbocycles. The molecule has 0 unspecified atom stereocenters. The smallest absolute Gasteiger partial charge is 0.316 e. The van der Waals surface area contributed by atoms with E-state index in [0.29, 0.717) is 0 Å². The highest BCUT2D eigenvalue weighted by Gasteiger charge is 2.40. The van der Waals surface area contributed by atoms with Gasteiger partial charge in [0.05, 0.1) is 12.5 Å². The highest BCUT2D eigenvalue weighted by Crippen LogP contribution is 2.27. The maximum absolute atomic E-state index is 11.3. The van der Waals surface area contributed by atoms with Crippen molar-refractivity contribution in [1.82, 2.24) is 0 Å². The van der Waals surface area contributed by atoms with Gasteiger partial charge in [0.25, 0.3) is 0 Å². The molecule has 0 aliphatic carbocycles. The molecule has 18 heavy (non-hydrogen) atoms. The van der Waals surface area contributed by atoms with Gasteiger partial charge in [-0.05, 0) is 12.8 Å². The summed E-state index contributed by atoms with van der Waals surface area (Å²) < 4.78 is 9.87. The van der Waals surface area contributed by atoms with Crippen LogP contribution < -0.4 is 0 Å². The van der Waals surface area contributed by atoms with Gasteiger partial charge in [-0.25, -0.2) is 0 Å². The minimum Gasteiger partial charge on any atom is -0.500 e. The molecule has 0 aliphatic heterocycles. The molecule has 0 saturated carbocycles. The molecule has 6 nitrogen and oxygen atoms in total. The molecule has 0 rings (SSSR count). The van der Waals surface area contributed by atoms with Crippen LogP contribution in [0.1, 0.15) is 19.3 Å². The number of hydrogen-bond acceptors (Lipinski definition) is 4. The zero-order chi connectivity index (χ0) is 14.0. The van der Waals surface area contributed by atoms with E-state index in [4.69, 9.17) is 14.6 Å². The first-order chi connectivity index (χ1) is 8.48. The minimum absolute atomic E-state index is 0.1000. The normalized spacial score (nSPS) is 10.4. The maximum atomic E-state index is 11.3. The third-order valence-electron chi connectivity index (χ3n) is 2.45. The first kappa shape index (κ1) is 16.0. The van der Waals surface area contributed by atoms with Gasteiger partial charge < -0.3 is 19.7 Å². The first-order valence-electron chi connectivity index (χ1n) is 5.38. The van der Waals surface area contributed by atoms with E-state index in [2.05, 4.69) is 13.2 Å². The summed E-state index contributed by atoms with van der Waals surface area (Å²) in [6.07, 6.45) is 2.54. The molecule has 102 valence electrons. The molecule has 0 aromatic rings. The van der Waals surface area contributed by atoms with Gasteiger partial charge in [-0.3, -0.25) is 9.59 Å². The van der Waals surface area contributed by atoms with Crippen molar-refractivity contribution in [1.29, 1.82) is 0 Å². The molecular formula is C12H18O6. The summed E-state index contributed by atoms with van der Waals surface area (Å²) in [4.78, 5) is 21.8. The predicted molar refractivity (Wildman–Crippen MR) is 63.9 cm³/mol. The lowest BCUT2D eigenvalue weighted by Crippen LogP contribution is -2.39. The largest absolute Gasteiger partial charge is 0.500 e. The topological polar surface area (TPSA) is 93.1 Å². The third kappa shape index (κ3) is 5.38. The lowest BCUT2D eigenvalue weighted by Gasteiger charge is -2.27. The van der Waals surface area contributed by atoms with E-state index in [1.54, 1.807) is 0 Å². The van der Waals surface area contributed by atoms with Crippen molar-refractivity contribution in [2.45, 2.75) is 19.3 Å². The van der Waals surface area contributed by atoms with Gasteiger partial charge >= 0.3 is 11.9 Å². The molecule has 0 heterocycles. The van der Waals surface area contributed by atoms with Crippen LogP contribution in [0.4, 0.5) is 0 Å². The van der Waals surface area contributed by atoms with Crippen LogP contribution in [0.5, 0.6) is 0 Å². The molecule has 0 bridgehead atoms. The standard InChI is InChI=1S/C12H18O6/c1-3-17-8-12(11(15)16,9-18-4-2)7-5-6-10(13)14/h3-4H,1-2,5-9H2,(H,13,14)(H,15,16). The zero-order valence-electron chi connectivity index (χ0n) is 10.1. The van der Waals surface area contributed by atoms with Crippen LogP contribution in [0.3, 0.4) is 0 Å². The number of ether oxygens (including phenoxy) is 2. The second kappa shape index (κ2) is 8.16. The summed E-state index contributed by atoms with van der Waals surface area (Å²) in [5, 5.41) is 17.8. The summed E-state index contributed by atoms with van der Waals surface area (Å²) in [7, 11) is 0. The summed E-state index contributed by atoms with van der Waals surface area (Å²) in [5.41, 5.74) is -1.29. The Balaban J connectivity index is 4.69. The van der Waals surface area contributed by atoms with Gasteiger partial charge in [0, 0.05) is 6.42 Å². The summed E-state index contributed by atoms with van der Waals surface area (Å²) in [5.74, 6) is -2.07. The Morgan fingerprint density at radius 2 is 1.61 bits per heavy atom. The van der Waals surface area contributed by atoms with Crippen LogP contribution in [0.2, 0.25) is 0 Å². The monoisotopic (exact) mass is 258 g/mol. The van der Waals surface area contributed by atoms with Crippen LogP contribution >= 0.6 is 0 Å². The Hall–Kier alpha value is -1.98. The number of rotatable bonds is 11. The average molecular weight is 258 g/mol. The van der Waals surface area contributed by atoms with Gasteiger partial charge in [0.1, 0.15) is 18.6 Å². The van der Waals surface area contributed by atoms with Gasteiger partial charge in [-0.1, -0.05) is 13.2 Å². The van der Waals surface area contributed by atoms with E-state index in [1.165, 1.54) is 0 Å². The van der Waals surface area contributed by atoms with Crippen molar-refractivity contribution >= 4 is 11.9 Å². The summed E-state index contributed by atoms with van der Waals surface area (Å²) in [6, 6.07) is 0. The Morgan fingerprint density at radius 3 is 1.94 bits per heavy atom. The Morgan fingerprint density at radius 1 is 1.11 bits per heavy atom. The van der Waals surface area contributed by atoms with Crippen molar-refractivity contribution < 1.29 is 29.3 Å². The van der Waals surface area contributed by atoms with Gasteiger partial charge in [-0.2, -0.15) is 0 Å². The number of hydrogen-bond donors (Lipinski definition) is 2. The molecule has 6 heteroatoms. The van der Waals surface area contributed by atoms with Crippen LogP contribution in [0.15, 0.2) is 25.7 Å². The molecule has 0 radical (unpaired) electrons. The van der Waals surface area contributed by atoms with Crippen molar-refractivity contribution in [3.05, 3.63) is 25.7 Å². The van der Waals surface area contributed by atoms with Crippen LogP contribution in [0.25, 0.3) is 0 Å². The van der Waals surface area contributed by atoms with E-state index < -0.39 is 17.4 Å². The number of aliphatic carboxylic acids is 2. The van der Waals surface area contributed by atoms with E-state index >= 15 is 0 Å². The van der Waals surface area contributed by atoms with Crippen LogP contribution in [-0.2, 0) is 19.1 Å². The first-order valence-corrected chi connectivity index (χ1v) is 5.38. The molecule has 0 atom stereocenters. The van der Waals surface area contributed by atoms with Crippen molar-refractivity contribution in [2.75, 3.05) is 13.2 Å². The van der Waals surface area contributed by atoms with Crippen LogP contribution in [0, 0.1) is 5.41 Å². The fraction of sp³-hybridized carbons (Fsp3) is 0.500. The predicted octanol–water partition coefficient (Wildman–Crippen LogP) is 1.63. The molecule has 0 saturated heterocycles. The van der Waals surface area contributed by atoms with E-state index in [0.717, 1.165) is 12.5 Å².